The molecule has 0 radical (unpaired) electrons. The molecular formula is C27H22F2N6OS. The first-order chi connectivity index (χ1) is 17.9. The number of halogens is 2. The molecule has 5 rings (SSSR count). The van der Waals surface area contributed by atoms with Gasteiger partial charge in [0.1, 0.15) is 18.0 Å². The van der Waals surface area contributed by atoms with Gasteiger partial charge in [-0.1, -0.05) is 12.1 Å². The Morgan fingerprint density at radius 3 is 2.73 bits per heavy atom. The third-order valence-corrected chi connectivity index (χ3v) is 7.02. The first-order valence-corrected chi connectivity index (χ1v) is 12.2. The molecule has 2 aromatic carbocycles. The third kappa shape index (κ3) is 5.24. The standard InChI is InChI=1S/C27H22F2N6OS/c1-15(16-4-7-21(28)22(29)12-16)35-27(36)19-3-2-10-31-26(19)32-13-18-6-9-24(37-18)17-5-8-23-20(11-17)25(30)34-14-33-23/h2-12,14-15H,13H2,1H3,(H,31,32)(H,35,36)(H2,30,33,34). The molecule has 1 atom stereocenters. The SMILES string of the molecule is CC(NC(=O)c1cccnc1NCc1ccc(-c2ccc3ncnc(N)c3c2)s1)c1ccc(F)c(F)c1. The van der Waals surface area contributed by atoms with Crippen LogP contribution in [0.3, 0.4) is 0 Å². The maximum Gasteiger partial charge on any atom is 0.255 e. The maximum absolute atomic E-state index is 13.6. The second-order valence-corrected chi connectivity index (χ2v) is 9.55. The number of nitrogens with two attached hydrogens (primary N) is 1. The third-order valence-electron chi connectivity index (χ3n) is 5.89. The van der Waals surface area contributed by atoms with Gasteiger partial charge in [-0.2, -0.15) is 0 Å². The van der Waals surface area contributed by atoms with E-state index >= 15 is 0 Å². The minimum atomic E-state index is -0.960. The van der Waals surface area contributed by atoms with Crippen molar-refractivity contribution < 1.29 is 13.6 Å². The van der Waals surface area contributed by atoms with Crippen LogP contribution in [0.15, 0.2) is 73.2 Å². The Bertz CT molecular complexity index is 1610. The quantitative estimate of drug-likeness (QED) is 0.256. The van der Waals surface area contributed by atoms with Crippen molar-refractivity contribution in [1.82, 2.24) is 20.3 Å². The Morgan fingerprint density at radius 2 is 1.89 bits per heavy atom. The average Bonchev–Trinajstić information content (AvgIpc) is 3.38. The molecule has 0 saturated carbocycles. The van der Waals surface area contributed by atoms with E-state index in [2.05, 4.69) is 25.6 Å². The van der Waals surface area contributed by atoms with E-state index in [1.54, 1.807) is 36.6 Å². The number of hydrogen-bond acceptors (Lipinski definition) is 7. The van der Waals surface area contributed by atoms with Crippen LogP contribution in [-0.2, 0) is 6.54 Å². The van der Waals surface area contributed by atoms with E-state index in [1.165, 1.54) is 12.4 Å². The van der Waals surface area contributed by atoms with Gasteiger partial charge in [0.25, 0.3) is 5.91 Å². The van der Waals surface area contributed by atoms with Crippen molar-refractivity contribution in [2.45, 2.75) is 19.5 Å². The van der Waals surface area contributed by atoms with Crippen LogP contribution >= 0.6 is 11.3 Å². The fraction of sp³-hybridized carbons (Fsp3) is 0.111. The highest BCUT2D eigenvalue weighted by Gasteiger charge is 2.17. The second-order valence-electron chi connectivity index (χ2n) is 8.38. The minimum Gasteiger partial charge on any atom is -0.383 e. The monoisotopic (exact) mass is 516 g/mol. The molecule has 0 bridgehead atoms. The van der Waals surface area contributed by atoms with E-state index in [4.69, 9.17) is 5.73 Å². The normalized spacial score (nSPS) is 11.9. The second kappa shape index (κ2) is 10.3. The largest absolute Gasteiger partial charge is 0.383 e. The number of aromatic nitrogens is 3. The Kier molecular flexibility index (Phi) is 6.74. The number of carbonyl (C=O) groups excluding carboxylic acids is 1. The molecule has 1 amide bonds. The van der Waals surface area contributed by atoms with Crippen molar-refractivity contribution in [1.29, 1.82) is 0 Å². The van der Waals surface area contributed by atoms with E-state index in [0.717, 1.165) is 38.4 Å². The van der Waals surface area contributed by atoms with Gasteiger partial charge in [-0.25, -0.2) is 23.7 Å². The molecule has 0 aliphatic heterocycles. The average molecular weight is 517 g/mol. The smallest absolute Gasteiger partial charge is 0.255 e. The van der Waals surface area contributed by atoms with Gasteiger partial charge in [0.05, 0.1) is 23.7 Å². The number of nitrogens with one attached hydrogen (secondary N) is 2. The number of hydrogen-bond donors (Lipinski definition) is 3. The van der Waals surface area contributed by atoms with Crippen LogP contribution < -0.4 is 16.4 Å². The number of nitrogens with zero attached hydrogens (tertiary/aromatic N) is 3. The predicted molar refractivity (Wildman–Crippen MR) is 141 cm³/mol. The maximum atomic E-state index is 13.6. The summed E-state index contributed by atoms with van der Waals surface area (Å²) in [6.07, 6.45) is 3.04. The molecule has 7 nitrogen and oxygen atoms in total. The number of benzene rings is 2. The molecule has 1 unspecified atom stereocenters. The minimum absolute atomic E-state index is 0.346. The van der Waals surface area contributed by atoms with E-state index < -0.39 is 17.7 Å². The van der Waals surface area contributed by atoms with Crippen molar-refractivity contribution in [3.63, 3.8) is 0 Å². The first kappa shape index (κ1) is 24.3. The van der Waals surface area contributed by atoms with Crippen LogP contribution in [0.1, 0.15) is 33.8 Å². The molecule has 0 aliphatic carbocycles. The van der Waals surface area contributed by atoms with Gasteiger partial charge in [-0.15, -0.1) is 11.3 Å². The summed E-state index contributed by atoms with van der Waals surface area (Å²) in [6.45, 7) is 2.16. The lowest BCUT2D eigenvalue weighted by molar-refractivity contribution is 0.0940. The summed E-state index contributed by atoms with van der Waals surface area (Å²) in [5.74, 6) is -1.42. The van der Waals surface area contributed by atoms with Gasteiger partial charge in [-0.3, -0.25) is 4.79 Å². The lowest BCUT2D eigenvalue weighted by Crippen LogP contribution is -2.27. The van der Waals surface area contributed by atoms with Gasteiger partial charge >= 0.3 is 0 Å². The highest BCUT2D eigenvalue weighted by molar-refractivity contribution is 7.15. The zero-order valence-corrected chi connectivity index (χ0v) is 20.5. The molecule has 37 heavy (non-hydrogen) atoms. The molecule has 0 saturated heterocycles. The molecule has 3 aromatic heterocycles. The molecule has 3 heterocycles. The molecule has 4 N–H and O–H groups in total. The number of rotatable bonds is 7. The van der Waals surface area contributed by atoms with Crippen LogP contribution in [0.5, 0.6) is 0 Å². The Morgan fingerprint density at radius 1 is 1.03 bits per heavy atom. The van der Waals surface area contributed by atoms with Crippen molar-refractivity contribution in [2.75, 3.05) is 11.1 Å². The topological polar surface area (TPSA) is 106 Å². The zero-order chi connectivity index (χ0) is 25.9. The number of pyridine rings is 1. The summed E-state index contributed by atoms with van der Waals surface area (Å²) in [4.78, 5) is 27.7. The fourth-order valence-corrected chi connectivity index (χ4v) is 4.84. The van der Waals surface area contributed by atoms with E-state index in [1.807, 2.05) is 30.3 Å². The van der Waals surface area contributed by atoms with E-state index in [9.17, 15) is 13.6 Å². The lowest BCUT2D eigenvalue weighted by Gasteiger charge is -2.16. The van der Waals surface area contributed by atoms with Crippen LogP contribution in [0.4, 0.5) is 20.4 Å². The zero-order valence-electron chi connectivity index (χ0n) is 19.7. The number of anilines is 2. The van der Waals surface area contributed by atoms with Gasteiger partial charge in [0.2, 0.25) is 0 Å². The van der Waals surface area contributed by atoms with Gasteiger partial charge in [-0.05, 0) is 66.6 Å². The fourth-order valence-electron chi connectivity index (χ4n) is 3.90. The Labute approximate surface area is 215 Å². The number of nitrogen functional groups attached to an aromatic ring is 1. The summed E-state index contributed by atoms with van der Waals surface area (Å²) in [5, 5.41) is 6.85. The number of thiophene rings is 1. The molecule has 0 aliphatic rings. The summed E-state index contributed by atoms with van der Waals surface area (Å²) in [6, 6.07) is 16.3. The summed E-state index contributed by atoms with van der Waals surface area (Å²) in [7, 11) is 0. The van der Waals surface area contributed by atoms with Crippen molar-refractivity contribution in [3.05, 3.63) is 101 Å². The highest BCUT2D eigenvalue weighted by atomic mass is 32.1. The van der Waals surface area contributed by atoms with Crippen LogP contribution in [0, 0.1) is 11.6 Å². The van der Waals surface area contributed by atoms with Crippen LogP contribution in [-0.4, -0.2) is 20.9 Å². The van der Waals surface area contributed by atoms with Crippen molar-refractivity contribution >= 4 is 39.8 Å². The molecular weight excluding hydrogens is 494 g/mol. The highest BCUT2D eigenvalue weighted by Crippen LogP contribution is 2.31. The molecule has 186 valence electrons. The first-order valence-electron chi connectivity index (χ1n) is 11.4. The Hall–Kier alpha value is -4.44. The van der Waals surface area contributed by atoms with Crippen molar-refractivity contribution in [3.8, 4) is 10.4 Å². The van der Waals surface area contributed by atoms with Crippen LogP contribution in [0.2, 0.25) is 0 Å². The van der Waals surface area contributed by atoms with E-state index in [-0.39, 0.29) is 5.91 Å². The molecule has 10 heteroatoms. The van der Waals surface area contributed by atoms with E-state index in [0.29, 0.717) is 29.3 Å². The number of amides is 1. The number of carbonyl (C=O) groups is 1. The Balaban J connectivity index is 1.28. The van der Waals surface area contributed by atoms with Crippen molar-refractivity contribution in [2.24, 2.45) is 0 Å². The lowest BCUT2D eigenvalue weighted by atomic mass is 10.1. The van der Waals surface area contributed by atoms with Gasteiger partial charge in [0, 0.05) is 21.3 Å². The van der Waals surface area contributed by atoms with Crippen LogP contribution in [0.25, 0.3) is 21.3 Å². The molecule has 0 spiro atoms. The number of fused-ring (bicyclic) bond motifs is 1. The van der Waals surface area contributed by atoms with Gasteiger partial charge < -0.3 is 16.4 Å². The van der Waals surface area contributed by atoms with Gasteiger partial charge in [0.15, 0.2) is 11.6 Å². The molecule has 0 fully saturated rings. The summed E-state index contributed by atoms with van der Waals surface area (Å²) >= 11 is 1.61. The summed E-state index contributed by atoms with van der Waals surface area (Å²) < 4.78 is 26.9. The predicted octanol–water partition coefficient (Wildman–Crippen LogP) is 5.72. The summed E-state index contributed by atoms with van der Waals surface area (Å²) in [5.41, 5.74) is 8.60. The molecule has 5 aromatic rings.